The van der Waals surface area contributed by atoms with Gasteiger partial charge in [0.05, 0.1) is 11.8 Å². The van der Waals surface area contributed by atoms with Crippen molar-refractivity contribution in [2.75, 3.05) is 0 Å². The third kappa shape index (κ3) is 1.33. The molecule has 0 aromatic carbocycles. The van der Waals surface area contributed by atoms with Crippen molar-refractivity contribution in [2.24, 2.45) is 0 Å². The van der Waals surface area contributed by atoms with E-state index in [9.17, 15) is 4.79 Å². The van der Waals surface area contributed by atoms with Gasteiger partial charge in [0.15, 0.2) is 0 Å². The first-order valence-corrected chi connectivity index (χ1v) is 4.93. The number of aryl methyl sites for hydroxylation is 1. The highest BCUT2D eigenvalue weighted by Gasteiger charge is 2.17. The second-order valence-corrected chi connectivity index (χ2v) is 3.95. The van der Waals surface area contributed by atoms with Crippen LogP contribution in [0.2, 0.25) is 0 Å². The Balaban J connectivity index is 2.62. The molecule has 1 N–H and O–H groups in total. The Hall–Kier alpha value is -1.55. The van der Waals surface area contributed by atoms with Crippen LogP contribution in [0.5, 0.6) is 0 Å². The summed E-state index contributed by atoms with van der Waals surface area (Å²) in [6.07, 6.45) is 1.54. The summed E-state index contributed by atoms with van der Waals surface area (Å²) in [7, 11) is 0. The Bertz CT molecular complexity index is 454. The molecule has 0 unspecified atom stereocenters. The molecule has 0 bridgehead atoms. The van der Waals surface area contributed by atoms with Crippen molar-refractivity contribution in [1.82, 2.24) is 0 Å². The zero-order chi connectivity index (χ0) is 10.1. The fraction of sp³-hybridized carbons (Fsp3) is 0.100. The van der Waals surface area contributed by atoms with Crippen LogP contribution in [0.3, 0.4) is 0 Å². The SMILES string of the molecule is Cc1scc(C(=O)O)c1-c1ccco1. The van der Waals surface area contributed by atoms with Crippen LogP contribution in [0.25, 0.3) is 11.3 Å². The molecule has 0 saturated heterocycles. The number of carboxylic acid groups (broad SMARTS) is 1. The van der Waals surface area contributed by atoms with E-state index >= 15 is 0 Å². The van der Waals surface area contributed by atoms with Crippen molar-refractivity contribution in [3.05, 3.63) is 34.2 Å². The van der Waals surface area contributed by atoms with Gasteiger partial charge in [-0.1, -0.05) is 0 Å². The average molecular weight is 208 g/mol. The quantitative estimate of drug-likeness (QED) is 0.825. The van der Waals surface area contributed by atoms with Gasteiger partial charge in [-0.25, -0.2) is 4.79 Å². The molecular formula is C10H8O3S. The molecule has 0 radical (unpaired) electrons. The minimum Gasteiger partial charge on any atom is -0.478 e. The average Bonchev–Trinajstić information content (AvgIpc) is 2.71. The van der Waals surface area contributed by atoms with Crippen LogP contribution in [-0.2, 0) is 0 Å². The lowest BCUT2D eigenvalue weighted by atomic mass is 10.1. The van der Waals surface area contributed by atoms with Crippen molar-refractivity contribution < 1.29 is 14.3 Å². The highest BCUT2D eigenvalue weighted by molar-refractivity contribution is 7.10. The maximum Gasteiger partial charge on any atom is 0.337 e. The van der Waals surface area contributed by atoms with E-state index in [1.165, 1.54) is 17.6 Å². The molecule has 72 valence electrons. The van der Waals surface area contributed by atoms with E-state index in [0.29, 0.717) is 16.9 Å². The number of carboxylic acids is 1. The predicted molar refractivity (Wildman–Crippen MR) is 53.7 cm³/mol. The Kier molecular flexibility index (Phi) is 2.13. The van der Waals surface area contributed by atoms with E-state index in [-0.39, 0.29) is 0 Å². The number of carbonyl (C=O) groups is 1. The molecule has 0 aliphatic carbocycles. The largest absolute Gasteiger partial charge is 0.478 e. The zero-order valence-corrected chi connectivity index (χ0v) is 8.30. The second-order valence-electron chi connectivity index (χ2n) is 2.86. The van der Waals surface area contributed by atoms with E-state index in [2.05, 4.69) is 0 Å². The Morgan fingerprint density at radius 3 is 2.93 bits per heavy atom. The maximum atomic E-state index is 10.9. The third-order valence-electron chi connectivity index (χ3n) is 1.97. The van der Waals surface area contributed by atoms with Gasteiger partial charge in [-0.2, -0.15) is 0 Å². The monoisotopic (exact) mass is 208 g/mol. The van der Waals surface area contributed by atoms with Gasteiger partial charge in [0, 0.05) is 15.8 Å². The minimum absolute atomic E-state index is 0.308. The summed E-state index contributed by atoms with van der Waals surface area (Å²) in [5, 5.41) is 10.6. The first-order chi connectivity index (χ1) is 6.70. The van der Waals surface area contributed by atoms with Crippen LogP contribution < -0.4 is 0 Å². The maximum absolute atomic E-state index is 10.9. The molecule has 2 aromatic rings. The summed E-state index contributed by atoms with van der Waals surface area (Å²) in [6, 6.07) is 3.51. The van der Waals surface area contributed by atoms with Crippen molar-refractivity contribution in [1.29, 1.82) is 0 Å². The van der Waals surface area contributed by atoms with Crippen LogP contribution in [-0.4, -0.2) is 11.1 Å². The van der Waals surface area contributed by atoms with Gasteiger partial charge in [-0.15, -0.1) is 11.3 Å². The molecular weight excluding hydrogens is 200 g/mol. The molecule has 2 rings (SSSR count). The van der Waals surface area contributed by atoms with E-state index < -0.39 is 5.97 Å². The lowest BCUT2D eigenvalue weighted by molar-refractivity contribution is 0.0698. The predicted octanol–water partition coefficient (Wildman–Crippen LogP) is 3.01. The van der Waals surface area contributed by atoms with Gasteiger partial charge in [0.2, 0.25) is 0 Å². The summed E-state index contributed by atoms with van der Waals surface area (Å²) >= 11 is 1.42. The Morgan fingerprint density at radius 1 is 1.57 bits per heavy atom. The van der Waals surface area contributed by atoms with E-state index in [1.807, 2.05) is 6.92 Å². The number of aromatic carboxylic acids is 1. The molecule has 0 spiro atoms. The standard InChI is InChI=1S/C10H8O3S/c1-6-9(8-3-2-4-13-8)7(5-14-6)10(11)12/h2-5H,1H3,(H,11,12). The van der Waals surface area contributed by atoms with Crippen LogP contribution in [0.15, 0.2) is 28.2 Å². The minimum atomic E-state index is -0.916. The van der Waals surface area contributed by atoms with Gasteiger partial charge in [0.1, 0.15) is 5.76 Å². The number of hydrogen-bond donors (Lipinski definition) is 1. The molecule has 3 nitrogen and oxygen atoms in total. The number of thiophene rings is 1. The van der Waals surface area contributed by atoms with Crippen LogP contribution in [0.1, 0.15) is 15.2 Å². The molecule has 0 aliphatic heterocycles. The number of rotatable bonds is 2. The first kappa shape index (κ1) is 9.02. The molecule has 14 heavy (non-hydrogen) atoms. The summed E-state index contributed by atoms with van der Waals surface area (Å²) in [6.45, 7) is 1.88. The topological polar surface area (TPSA) is 50.4 Å². The van der Waals surface area contributed by atoms with Crippen LogP contribution >= 0.6 is 11.3 Å². The summed E-state index contributed by atoms with van der Waals surface area (Å²) in [5.41, 5.74) is 0.995. The Labute approximate surface area is 84.6 Å². The van der Waals surface area contributed by atoms with Crippen LogP contribution in [0, 0.1) is 6.92 Å². The van der Waals surface area contributed by atoms with Gasteiger partial charge in [0.25, 0.3) is 0 Å². The van der Waals surface area contributed by atoms with Gasteiger partial charge >= 0.3 is 5.97 Å². The van der Waals surface area contributed by atoms with Crippen molar-refractivity contribution in [3.63, 3.8) is 0 Å². The number of furan rings is 1. The highest BCUT2D eigenvalue weighted by Crippen LogP contribution is 2.32. The van der Waals surface area contributed by atoms with E-state index in [4.69, 9.17) is 9.52 Å². The Morgan fingerprint density at radius 2 is 2.36 bits per heavy atom. The summed E-state index contributed by atoms with van der Waals surface area (Å²) < 4.78 is 5.19. The lowest BCUT2D eigenvalue weighted by Crippen LogP contribution is -1.95. The first-order valence-electron chi connectivity index (χ1n) is 4.05. The smallest absolute Gasteiger partial charge is 0.337 e. The summed E-state index contributed by atoms with van der Waals surface area (Å²) in [4.78, 5) is 11.9. The van der Waals surface area contributed by atoms with E-state index in [0.717, 1.165) is 4.88 Å². The normalized spacial score (nSPS) is 10.4. The summed E-state index contributed by atoms with van der Waals surface area (Å²) in [5.74, 6) is -0.304. The van der Waals surface area contributed by atoms with E-state index in [1.54, 1.807) is 17.5 Å². The fourth-order valence-corrected chi connectivity index (χ4v) is 2.18. The van der Waals surface area contributed by atoms with Gasteiger partial charge in [-0.05, 0) is 19.1 Å². The second kappa shape index (κ2) is 3.31. The lowest BCUT2D eigenvalue weighted by Gasteiger charge is -1.97. The molecule has 0 amide bonds. The molecule has 0 fully saturated rings. The molecule has 0 saturated carbocycles. The molecule has 0 aliphatic rings. The highest BCUT2D eigenvalue weighted by atomic mass is 32.1. The molecule has 2 aromatic heterocycles. The molecule has 4 heteroatoms. The fourth-order valence-electron chi connectivity index (χ4n) is 1.34. The van der Waals surface area contributed by atoms with Gasteiger partial charge < -0.3 is 9.52 Å². The van der Waals surface area contributed by atoms with Crippen molar-refractivity contribution >= 4 is 17.3 Å². The number of hydrogen-bond acceptors (Lipinski definition) is 3. The van der Waals surface area contributed by atoms with Crippen molar-refractivity contribution in [3.8, 4) is 11.3 Å². The van der Waals surface area contributed by atoms with Crippen molar-refractivity contribution in [2.45, 2.75) is 6.92 Å². The van der Waals surface area contributed by atoms with Gasteiger partial charge in [-0.3, -0.25) is 0 Å². The van der Waals surface area contributed by atoms with Crippen LogP contribution in [0.4, 0.5) is 0 Å². The molecule has 2 heterocycles. The molecule has 0 atom stereocenters. The zero-order valence-electron chi connectivity index (χ0n) is 7.48. The third-order valence-corrected chi connectivity index (χ3v) is 2.88.